The van der Waals surface area contributed by atoms with Gasteiger partial charge in [0, 0.05) is 12.4 Å². The summed E-state index contributed by atoms with van der Waals surface area (Å²) in [6, 6.07) is 11.6. The fraction of sp³-hybridized carbons (Fsp3) is 0. The highest BCUT2D eigenvalue weighted by atomic mass is 15.0. The van der Waals surface area contributed by atoms with Crippen LogP contribution in [0.2, 0.25) is 0 Å². The number of aromatic nitrogens is 4. The molecule has 104 valence electrons. The summed E-state index contributed by atoms with van der Waals surface area (Å²) < 4.78 is 0. The van der Waals surface area contributed by atoms with E-state index in [2.05, 4.69) is 20.7 Å². The van der Waals surface area contributed by atoms with Gasteiger partial charge in [0.15, 0.2) is 0 Å². The lowest BCUT2D eigenvalue weighted by atomic mass is 10.2. The van der Waals surface area contributed by atoms with Crippen molar-refractivity contribution in [1.29, 1.82) is 0 Å². The minimum Gasteiger partial charge on any atom is -0.336 e. The Hall–Kier alpha value is -3.23. The number of nitrogens with zero attached hydrogens (tertiary/aromatic N) is 3. The van der Waals surface area contributed by atoms with Crippen LogP contribution in [-0.2, 0) is 0 Å². The number of pyridine rings is 2. The minimum absolute atomic E-state index is 0.770. The molecule has 0 bridgehead atoms. The number of hydrogen-bond acceptors (Lipinski definition) is 3. The first-order chi connectivity index (χ1) is 10.9. The molecule has 0 saturated heterocycles. The van der Waals surface area contributed by atoms with Crippen molar-refractivity contribution in [2.24, 2.45) is 0 Å². The predicted molar refractivity (Wildman–Crippen MR) is 85.7 cm³/mol. The molecule has 1 N–H and O–H groups in total. The molecule has 0 amide bonds. The normalized spacial score (nSPS) is 12.6. The van der Waals surface area contributed by atoms with Crippen LogP contribution in [0, 0.1) is 0 Å². The largest absolute Gasteiger partial charge is 0.336 e. The molecule has 3 aromatic heterocycles. The molecule has 0 spiro atoms. The summed E-state index contributed by atoms with van der Waals surface area (Å²) in [6.45, 7) is 0. The Morgan fingerprint density at radius 2 is 1.68 bits per heavy atom. The van der Waals surface area contributed by atoms with Crippen LogP contribution in [0.15, 0.2) is 72.8 Å². The van der Waals surface area contributed by atoms with Gasteiger partial charge in [-0.15, -0.1) is 5.73 Å². The van der Waals surface area contributed by atoms with Crippen LogP contribution in [0.1, 0.15) is 5.82 Å². The first-order valence-corrected chi connectivity index (χ1v) is 6.98. The summed E-state index contributed by atoms with van der Waals surface area (Å²) in [5, 5.41) is 0. The van der Waals surface area contributed by atoms with E-state index in [1.54, 1.807) is 12.4 Å². The predicted octanol–water partition coefficient (Wildman–Crippen LogP) is 3.64. The highest BCUT2D eigenvalue weighted by Gasteiger charge is 2.17. The average molecular weight is 284 g/mol. The van der Waals surface area contributed by atoms with Gasteiger partial charge in [0.2, 0.25) is 0 Å². The van der Waals surface area contributed by atoms with Crippen molar-refractivity contribution >= 4 is 5.57 Å². The molecule has 0 fully saturated rings. The summed E-state index contributed by atoms with van der Waals surface area (Å²) in [4.78, 5) is 16.9. The van der Waals surface area contributed by atoms with E-state index < -0.39 is 0 Å². The van der Waals surface area contributed by atoms with Crippen LogP contribution >= 0.6 is 0 Å². The summed E-state index contributed by atoms with van der Waals surface area (Å²) in [6.07, 6.45) is 9.33. The molecule has 0 saturated carbocycles. The van der Waals surface area contributed by atoms with Crippen molar-refractivity contribution in [3.8, 4) is 22.8 Å². The molecule has 3 heterocycles. The molecule has 0 aliphatic heterocycles. The van der Waals surface area contributed by atoms with Crippen LogP contribution in [0.5, 0.6) is 0 Å². The van der Waals surface area contributed by atoms with Gasteiger partial charge in [-0.1, -0.05) is 18.2 Å². The lowest BCUT2D eigenvalue weighted by Crippen LogP contribution is -1.88. The Morgan fingerprint density at radius 1 is 0.909 bits per heavy atom. The second kappa shape index (κ2) is 5.28. The van der Waals surface area contributed by atoms with Gasteiger partial charge >= 0.3 is 0 Å². The van der Waals surface area contributed by atoms with Gasteiger partial charge < -0.3 is 4.98 Å². The number of nitrogens with one attached hydrogen (secondary N) is 1. The molecule has 0 atom stereocenters. The molecule has 4 nitrogen and oxygen atoms in total. The van der Waals surface area contributed by atoms with Crippen LogP contribution in [0.25, 0.3) is 28.3 Å². The molecular weight excluding hydrogens is 272 g/mol. The van der Waals surface area contributed by atoms with E-state index in [0.717, 1.165) is 34.2 Å². The monoisotopic (exact) mass is 284 g/mol. The molecule has 22 heavy (non-hydrogen) atoms. The molecule has 0 radical (unpaired) electrons. The van der Waals surface area contributed by atoms with Crippen molar-refractivity contribution in [1.82, 2.24) is 19.9 Å². The molecule has 4 heteroatoms. The third kappa shape index (κ3) is 2.18. The zero-order valence-electron chi connectivity index (χ0n) is 11.7. The lowest BCUT2D eigenvalue weighted by Gasteiger charge is -2.00. The fourth-order valence-electron chi connectivity index (χ4n) is 2.36. The molecule has 1 aliphatic rings. The number of imidazole rings is 1. The Balaban J connectivity index is 1.92. The van der Waals surface area contributed by atoms with Gasteiger partial charge in [0.05, 0.1) is 22.7 Å². The second-order valence-corrected chi connectivity index (χ2v) is 4.82. The summed E-state index contributed by atoms with van der Waals surface area (Å²) >= 11 is 0. The highest BCUT2D eigenvalue weighted by Crippen LogP contribution is 2.30. The number of hydrogen-bond donors (Lipinski definition) is 1. The standard InChI is InChI=1S/C18H12N4/c1-2-8-13(7-1)18-21-16(14-9-3-5-11-19-14)17(22-18)15-10-4-6-12-20-15/h1-7,9-12H,(H,21,22). The zero-order chi connectivity index (χ0) is 14.8. The molecule has 4 rings (SSSR count). The van der Waals surface area contributed by atoms with Gasteiger partial charge in [-0.2, -0.15) is 0 Å². The van der Waals surface area contributed by atoms with E-state index in [0.29, 0.717) is 0 Å². The molecule has 0 aromatic carbocycles. The van der Waals surface area contributed by atoms with Crippen LogP contribution in [0.4, 0.5) is 0 Å². The second-order valence-electron chi connectivity index (χ2n) is 4.82. The summed E-state index contributed by atoms with van der Waals surface area (Å²) in [5.74, 6) is 0.770. The Kier molecular flexibility index (Phi) is 3.00. The number of H-pyrrole nitrogens is 1. The maximum atomic E-state index is 4.71. The van der Waals surface area contributed by atoms with Gasteiger partial charge in [-0.05, 0) is 36.4 Å². The van der Waals surface area contributed by atoms with Crippen LogP contribution in [-0.4, -0.2) is 19.9 Å². The van der Waals surface area contributed by atoms with E-state index in [4.69, 9.17) is 4.98 Å². The van der Waals surface area contributed by atoms with E-state index in [9.17, 15) is 0 Å². The van der Waals surface area contributed by atoms with Gasteiger partial charge in [-0.25, -0.2) is 4.98 Å². The van der Waals surface area contributed by atoms with Gasteiger partial charge in [-0.3, -0.25) is 9.97 Å². The third-order valence-electron chi connectivity index (χ3n) is 3.39. The van der Waals surface area contributed by atoms with Crippen LogP contribution in [0.3, 0.4) is 0 Å². The quantitative estimate of drug-likeness (QED) is 0.747. The smallest absolute Gasteiger partial charge is 0.146 e. The van der Waals surface area contributed by atoms with Crippen molar-refractivity contribution in [2.75, 3.05) is 0 Å². The van der Waals surface area contributed by atoms with Gasteiger partial charge in [0.1, 0.15) is 11.5 Å². The topological polar surface area (TPSA) is 54.5 Å². The van der Waals surface area contributed by atoms with Crippen molar-refractivity contribution in [3.05, 3.63) is 78.6 Å². The maximum absolute atomic E-state index is 4.71. The molecule has 3 aromatic rings. The lowest BCUT2D eigenvalue weighted by molar-refractivity contribution is 1.23. The third-order valence-corrected chi connectivity index (χ3v) is 3.39. The zero-order valence-corrected chi connectivity index (χ0v) is 11.7. The number of aromatic amines is 1. The van der Waals surface area contributed by atoms with E-state index in [1.807, 2.05) is 54.6 Å². The number of rotatable bonds is 3. The van der Waals surface area contributed by atoms with Crippen molar-refractivity contribution < 1.29 is 0 Å². The average Bonchev–Trinajstić information content (AvgIpc) is 3.26. The minimum atomic E-state index is 0.770. The van der Waals surface area contributed by atoms with Crippen LogP contribution < -0.4 is 0 Å². The van der Waals surface area contributed by atoms with E-state index >= 15 is 0 Å². The summed E-state index contributed by atoms with van der Waals surface area (Å²) in [5.41, 5.74) is 7.41. The van der Waals surface area contributed by atoms with Gasteiger partial charge in [0.25, 0.3) is 0 Å². The molecule has 0 unspecified atom stereocenters. The fourth-order valence-corrected chi connectivity index (χ4v) is 2.36. The Morgan fingerprint density at radius 3 is 2.32 bits per heavy atom. The van der Waals surface area contributed by atoms with Crippen molar-refractivity contribution in [2.45, 2.75) is 0 Å². The van der Waals surface area contributed by atoms with E-state index in [-0.39, 0.29) is 0 Å². The molecular formula is C18H12N4. The molecule has 1 aliphatic carbocycles. The van der Waals surface area contributed by atoms with E-state index in [1.165, 1.54) is 0 Å². The highest BCUT2D eigenvalue weighted by molar-refractivity contribution is 5.80. The van der Waals surface area contributed by atoms with Crippen molar-refractivity contribution in [3.63, 3.8) is 0 Å². The number of allylic oxidation sites excluding steroid dienone is 3. The summed E-state index contributed by atoms with van der Waals surface area (Å²) in [7, 11) is 0. The Bertz CT molecular complexity index is 842. The Labute approximate surface area is 127 Å². The first-order valence-electron chi connectivity index (χ1n) is 6.98. The SMILES string of the molecule is C1=CC=CC=1c1nc(-c2ccccn2)c(-c2ccccn2)[nH]1. The maximum Gasteiger partial charge on any atom is 0.146 e. The first kappa shape index (κ1) is 12.5.